The number of phenolic OH excluding ortho intramolecular Hbond substituents is 1. The van der Waals surface area contributed by atoms with Gasteiger partial charge in [-0.3, -0.25) is 4.90 Å². The van der Waals surface area contributed by atoms with Crippen molar-refractivity contribution in [2.45, 2.75) is 0 Å². The molecular formula is C24H25N3O3. The van der Waals surface area contributed by atoms with Crippen molar-refractivity contribution >= 4 is 23.2 Å². The van der Waals surface area contributed by atoms with Crippen molar-refractivity contribution in [3.05, 3.63) is 78.9 Å². The average Bonchev–Trinajstić information content (AvgIpc) is 2.84. The van der Waals surface area contributed by atoms with Crippen LogP contribution in [-0.2, 0) is 0 Å². The van der Waals surface area contributed by atoms with E-state index in [1.165, 1.54) is 4.90 Å². The largest absolute Gasteiger partial charge is 0.508 e. The maximum absolute atomic E-state index is 12.4. The summed E-state index contributed by atoms with van der Waals surface area (Å²) < 4.78 is 12.3. The highest BCUT2D eigenvalue weighted by molar-refractivity contribution is 5.88. The van der Waals surface area contributed by atoms with E-state index in [2.05, 4.69) is 14.9 Å². The molecule has 3 aromatic rings. The fourth-order valence-corrected chi connectivity index (χ4v) is 3.53. The molecule has 1 N–H and O–H groups in total. The molecule has 0 saturated carbocycles. The number of phenols is 1. The standard InChI is InChI=1S/C24H25N3O3/c1-25(24(29)30-23-5-3-2-4-6-23)19-7-9-20(10-8-19)26-15-17-27(18-16-26)21-11-13-22(28)14-12-21/h2-14,28H,15-18H2,1H3/i/hD. The van der Waals surface area contributed by atoms with Crippen LogP contribution in [0.4, 0.5) is 21.9 Å². The van der Waals surface area contributed by atoms with Crippen LogP contribution in [0.1, 0.15) is 0 Å². The molecule has 0 unspecified atom stereocenters. The highest BCUT2D eigenvalue weighted by Gasteiger charge is 2.18. The molecule has 1 aliphatic heterocycles. The van der Waals surface area contributed by atoms with Crippen LogP contribution in [0.2, 0.25) is 0 Å². The second-order valence-electron chi connectivity index (χ2n) is 7.22. The number of aromatic hydroxyl groups is 1. The van der Waals surface area contributed by atoms with Crippen LogP contribution in [-0.4, -0.2) is 45.9 Å². The zero-order chi connectivity index (χ0) is 21.6. The third-order valence-electron chi connectivity index (χ3n) is 5.31. The third-order valence-corrected chi connectivity index (χ3v) is 5.31. The van der Waals surface area contributed by atoms with E-state index in [-0.39, 0.29) is 0 Å². The maximum atomic E-state index is 12.4. The molecule has 154 valence electrons. The first-order valence-electron chi connectivity index (χ1n) is 10.4. The lowest BCUT2D eigenvalue weighted by atomic mass is 10.2. The minimum atomic E-state index is -0.422. The summed E-state index contributed by atoms with van der Waals surface area (Å²) in [7, 11) is 1.70. The summed E-state index contributed by atoms with van der Waals surface area (Å²) in [5.74, 6) is 1.07. The lowest BCUT2D eigenvalue weighted by Gasteiger charge is -2.37. The van der Waals surface area contributed by atoms with Gasteiger partial charge in [0.05, 0.1) is 0 Å². The van der Waals surface area contributed by atoms with E-state index in [4.69, 9.17) is 6.17 Å². The predicted molar refractivity (Wildman–Crippen MR) is 120 cm³/mol. The Morgan fingerprint density at radius 3 is 1.93 bits per heavy atom. The minimum Gasteiger partial charge on any atom is -0.508 e. The Kier molecular flexibility index (Phi) is 5.37. The zero-order valence-corrected chi connectivity index (χ0v) is 16.9. The Hall–Kier alpha value is -3.67. The molecule has 1 fully saturated rings. The number of amides is 1. The number of hydrogen-bond acceptors (Lipinski definition) is 5. The summed E-state index contributed by atoms with van der Waals surface area (Å²) in [5, 5.41) is 4.49. The van der Waals surface area contributed by atoms with Gasteiger partial charge in [0.25, 0.3) is 1.43 Å². The van der Waals surface area contributed by atoms with Crippen molar-refractivity contribution in [3.8, 4) is 11.5 Å². The van der Waals surface area contributed by atoms with E-state index < -0.39 is 6.09 Å². The molecule has 1 saturated heterocycles. The van der Waals surface area contributed by atoms with Crippen LogP contribution >= 0.6 is 0 Å². The smallest absolute Gasteiger partial charge is 0.419 e. The molecule has 6 heteroatoms. The number of ether oxygens (including phenoxy) is 1. The summed E-state index contributed by atoms with van der Waals surface area (Å²) in [6, 6.07) is 24.6. The quantitative estimate of drug-likeness (QED) is 0.685. The molecule has 30 heavy (non-hydrogen) atoms. The van der Waals surface area contributed by atoms with Gasteiger partial charge in [-0.2, -0.15) is 0 Å². The highest BCUT2D eigenvalue weighted by atomic mass is 16.6. The van der Waals surface area contributed by atoms with Gasteiger partial charge < -0.3 is 19.6 Å². The zero-order valence-electron chi connectivity index (χ0n) is 17.9. The van der Waals surface area contributed by atoms with Gasteiger partial charge in [0.1, 0.15) is 11.5 Å². The number of rotatable bonds is 5. The summed E-state index contributed by atoms with van der Waals surface area (Å²) in [6.45, 7) is 3.63. The van der Waals surface area contributed by atoms with Crippen LogP contribution in [0, 0.1) is 0 Å². The molecule has 0 aromatic heterocycles. The fraction of sp³-hybridized carbons (Fsp3) is 0.208. The number of piperazine rings is 1. The number of benzene rings is 3. The van der Waals surface area contributed by atoms with E-state index in [9.17, 15) is 4.79 Å². The Balaban J connectivity index is 1.33. The van der Waals surface area contributed by atoms with E-state index in [1.54, 1.807) is 19.2 Å². The van der Waals surface area contributed by atoms with E-state index in [0.717, 1.165) is 43.2 Å². The van der Waals surface area contributed by atoms with Gasteiger partial charge in [0.2, 0.25) is 0 Å². The third kappa shape index (κ3) is 4.49. The number of hydrogen-bond donors (Lipinski definition) is 1. The molecule has 0 radical (unpaired) electrons. The normalized spacial score (nSPS) is 14.1. The van der Waals surface area contributed by atoms with Gasteiger partial charge in [-0.05, 0) is 60.7 Å². The van der Waals surface area contributed by atoms with Crippen molar-refractivity contribution in [2.75, 3.05) is 47.9 Å². The highest BCUT2D eigenvalue weighted by Crippen LogP contribution is 2.25. The number of para-hydroxylation sites is 1. The molecule has 1 aliphatic rings. The number of carbonyl (C=O) groups excluding carboxylic acids is 1. The molecule has 0 bridgehead atoms. The van der Waals surface area contributed by atoms with Crippen molar-refractivity contribution < 1.29 is 14.6 Å². The second kappa shape index (κ2) is 8.78. The number of carbonyl (C=O) groups is 1. The van der Waals surface area contributed by atoms with Crippen LogP contribution in [0.3, 0.4) is 0 Å². The molecule has 1 heterocycles. The molecule has 6 nitrogen and oxygen atoms in total. The van der Waals surface area contributed by atoms with Gasteiger partial charge in [-0.1, -0.05) is 18.2 Å². The molecule has 4 rings (SSSR count). The molecule has 3 aromatic carbocycles. The summed E-state index contributed by atoms with van der Waals surface area (Å²) >= 11 is 0. The van der Waals surface area contributed by atoms with Crippen molar-refractivity contribution in [3.63, 3.8) is 0 Å². The van der Waals surface area contributed by atoms with Crippen LogP contribution in [0.25, 0.3) is 0 Å². The lowest BCUT2D eigenvalue weighted by Crippen LogP contribution is -2.46. The monoisotopic (exact) mass is 404 g/mol. The lowest BCUT2D eigenvalue weighted by molar-refractivity contribution is 0.209. The predicted octanol–water partition coefficient (Wildman–Crippen LogP) is 4.35. The fourth-order valence-electron chi connectivity index (χ4n) is 3.53. The van der Waals surface area contributed by atoms with E-state index >= 15 is 0 Å². The molecule has 0 aliphatic carbocycles. The van der Waals surface area contributed by atoms with E-state index in [1.807, 2.05) is 66.7 Å². The van der Waals surface area contributed by atoms with Crippen LogP contribution in [0.15, 0.2) is 78.9 Å². The van der Waals surface area contributed by atoms with Gasteiger partial charge in [0, 0.05) is 50.3 Å². The topological polar surface area (TPSA) is 56.2 Å². The first-order valence-corrected chi connectivity index (χ1v) is 9.98. The van der Waals surface area contributed by atoms with Crippen molar-refractivity contribution in [1.29, 1.82) is 1.43 Å². The van der Waals surface area contributed by atoms with Gasteiger partial charge in [0.15, 0.2) is 0 Å². The van der Waals surface area contributed by atoms with Crippen molar-refractivity contribution in [2.24, 2.45) is 0 Å². The average molecular weight is 404 g/mol. The SMILES string of the molecule is [2H]Oc1ccc(N2CCN(c3ccc(N(C)C(=O)Oc4ccccc4)cc3)CC2)cc1. The summed E-state index contributed by atoms with van der Waals surface area (Å²) in [6.07, 6.45) is -0.422. The van der Waals surface area contributed by atoms with Gasteiger partial charge in [-0.25, -0.2) is 4.79 Å². The van der Waals surface area contributed by atoms with E-state index in [0.29, 0.717) is 11.5 Å². The molecule has 1 amide bonds. The maximum Gasteiger partial charge on any atom is 0.419 e. The molecular weight excluding hydrogens is 378 g/mol. The number of anilines is 3. The Morgan fingerprint density at radius 1 is 0.867 bits per heavy atom. The molecule has 0 spiro atoms. The van der Waals surface area contributed by atoms with Crippen molar-refractivity contribution in [1.82, 2.24) is 0 Å². The first-order chi connectivity index (χ1) is 15.1. The van der Waals surface area contributed by atoms with Crippen LogP contribution < -0.4 is 19.4 Å². The van der Waals surface area contributed by atoms with Gasteiger partial charge >= 0.3 is 6.09 Å². The Morgan fingerprint density at radius 2 is 1.40 bits per heavy atom. The minimum absolute atomic E-state index is 0.422. The summed E-state index contributed by atoms with van der Waals surface area (Å²) in [5.41, 5.74) is 3.04. The second-order valence-corrected chi connectivity index (χ2v) is 7.22. The van der Waals surface area contributed by atoms with Gasteiger partial charge in [-0.15, -0.1) is 0 Å². The Bertz CT molecular complexity index is 989. The first kappa shape index (κ1) is 18.4. The number of nitrogens with zero attached hydrogens (tertiary/aromatic N) is 3. The van der Waals surface area contributed by atoms with Crippen LogP contribution in [0.5, 0.6) is 11.5 Å². The molecule has 0 atom stereocenters. The summed E-state index contributed by atoms with van der Waals surface area (Å²) in [4.78, 5) is 18.5. The Labute approximate surface area is 178 Å².